The molecule has 138 valence electrons. The molecule has 2 aliphatic rings. The second-order valence-corrected chi connectivity index (χ2v) is 6.91. The Morgan fingerprint density at radius 3 is 2.60 bits per heavy atom. The molecule has 0 aromatic heterocycles. The van der Waals surface area contributed by atoms with Gasteiger partial charge in [0.2, 0.25) is 0 Å². The molecule has 1 aromatic rings. The summed E-state index contributed by atoms with van der Waals surface area (Å²) in [6, 6.07) is 7.36. The number of carbonyl (C=O) groups excluding carboxylic acids is 1. The molecule has 1 amide bonds. The van der Waals surface area contributed by atoms with Crippen molar-refractivity contribution in [2.45, 2.75) is 32.0 Å². The molecule has 6 nitrogen and oxygen atoms in total. The fraction of sp³-hybridized carbons (Fsp3) is 0.632. The highest BCUT2D eigenvalue weighted by atomic mass is 16.5. The molecule has 2 saturated heterocycles. The summed E-state index contributed by atoms with van der Waals surface area (Å²) in [7, 11) is 0. The number of amides is 1. The van der Waals surface area contributed by atoms with Gasteiger partial charge in [-0.05, 0) is 44.0 Å². The van der Waals surface area contributed by atoms with Crippen molar-refractivity contribution in [2.24, 2.45) is 0 Å². The van der Waals surface area contributed by atoms with Crippen LogP contribution in [0.1, 0.15) is 30.1 Å². The topological polar surface area (TPSA) is 62.2 Å². The maximum Gasteiger partial charge on any atom is 0.253 e. The molecule has 0 aliphatic carbocycles. The van der Waals surface area contributed by atoms with E-state index in [1.807, 2.05) is 29.2 Å². The van der Waals surface area contributed by atoms with Gasteiger partial charge in [-0.1, -0.05) is 0 Å². The molecule has 0 spiro atoms. The number of hydrogen-bond donors (Lipinski definition) is 1. The zero-order valence-corrected chi connectivity index (χ0v) is 14.9. The average Bonchev–Trinajstić information content (AvgIpc) is 3.13. The van der Waals surface area contributed by atoms with Crippen molar-refractivity contribution in [2.75, 3.05) is 45.9 Å². The van der Waals surface area contributed by atoms with Gasteiger partial charge < -0.3 is 19.5 Å². The van der Waals surface area contributed by atoms with Crippen LogP contribution >= 0.6 is 0 Å². The van der Waals surface area contributed by atoms with Crippen LogP contribution in [-0.2, 0) is 4.74 Å². The Bertz CT molecular complexity index is 547. The van der Waals surface area contributed by atoms with Crippen LogP contribution in [0.5, 0.6) is 5.75 Å². The molecular weight excluding hydrogens is 320 g/mol. The second kappa shape index (κ2) is 8.65. The smallest absolute Gasteiger partial charge is 0.253 e. The standard InChI is InChI=1S/C19H28N2O4/c1-15(22)13-20-8-10-21(11-9-20)19(23)16-4-6-17(7-5-16)25-14-18-3-2-12-24-18/h4-7,15,18,22H,2-3,8-14H2,1H3/t15-,18+/m0/s1. The van der Waals surface area contributed by atoms with Crippen molar-refractivity contribution in [1.29, 1.82) is 0 Å². The van der Waals surface area contributed by atoms with Gasteiger partial charge in [0.05, 0.1) is 12.2 Å². The monoisotopic (exact) mass is 348 g/mol. The van der Waals surface area contributed by atoms with E-state index in [0.29, 0.717) is 31.8 Å². The molecule has 1 N–H and O–H groups in total. The number of β-amino-alcohol motifs (C(OH)–C–C–N with tert-alkyl or cyclic N) is 1. The van der Waals surface area contributed by atoms with Gasteiger partial charge in [-0.3, -0.25) is 9.69 Å². The number of aliphatic hydroxyl groups excluding tert-OH is 1. The molecule has 2 fully saturated rings. The molecular formula is C19H28N2O4. The molecule has 0 saturated carbocycles. The van der Waals surface area contributed by atoms with Crippen molar-refractivity contribution in [3.63, 3.8) is 0 Å². The quantitative estimate of drug-likeness (QED) is 0.842. The van der Waals surface area contributed by atoms with Crippen LogP contribution in [0.2, 0.25) is 0 Å². The predicted octanol–water partition coefficient (Wildman–Crippen LogP) is 1.38. The van der Waals surface area contributed by atoms with Gasteiger partial charge in [0.15, 0.2) is 0 Å². The van der Waals surface area contributed by atoms with E-state index in [-0.39, 0.29) is 18.1 Å². The first-order chi connectivity index (χ1) is 12.1. The Kier molecular flexibility index (Phi) is 6.29. The summed E-state index contributed by atoms with van der Waals surface area (Å²) < 4.78 is 11.3. The lowest BCUT2D eigenvalue weighted by molar-refractivity contribution is 0.0553. The van der Waals surface area contributed by atoms with E-state index in [0.717, 1.165) is 38.3 Å². The van der Waals surface area contributed by atoms with Crippen molar-refractivity contribution in [3.05, 3.63) is 29.8 Å². The molecule has 2 atom stereocenters. The number of nitrogens with zero attached hydrogens (tertiary/aromatic N) is 2. The Labute approximate surface area is 149 Å². The summed E-state index contributed by atoms with van der Waals surface area (Å²) >= 11 is 0. The summed E-state index contributed by atoms with van der Waals surface area (Å²) in [6.07, 6.45) is 2.02. The number of piperazine rings is 1. The first kappa shape index (κ1) is 18.2. The molecule has 0 bridgehead atoms. The molecule has 2 aliphatic heterocycles. The fourth-order valence-electron chi connectivity index (χ4n) is 3.35. The lowest BCUT2D eigenvalue weighted by atomic mass is 10.1. The molecule has 3 rings (SSSR count). The summed E-state index contributed by atoms with van der Waals surface area (Å²) in [4.78, 5) is 16.7. The number of carbonyl (C=O) groups is 1. The van der Waals surface area contributed by atoms with Crippen LogP contribution < -0.4 is 4.74 Å². The maximum absolute atomic E-state index is 12.6. The molecule has 0 radical (unpaired) electrons. The SMILES string of the molecule is C[C@H](O)CN1CCN(C(=O)c2ccc(OC[C@H]3CCCO3)cc2)CC1. The van der Waals surface area contributed by atoms with Crippen molar-refractivity contribution in [1.82, 2.24) is 9.80 Å². The Morgan fingerprint density at radius 2 is 2.00 bits per heavy atom. The number of hydrogen-bond acceptors (Lipinski definition) is 5. The molecule has 0 unspecified atom stereocenters. The minimum absolute atomic E-state index is 0.0578. The van der Waals surface area contributed by atoms with Gasteiger partial charge in [-0.25, -0.2) is 0 Å². The lowest BCUT2D eigenvalue weighted by Crippen LogP contribution is -2.50. The minimum Gasteiger partial charge on any atom is -0.491 e. The van der Waals surface area contributed by atoms with Crippen LogP contribution in [0.4, 0.5) is 0 Å². The number of rotatable bonds is 6. The largest absolute Gasteiger partial charge is 0.491 e. The van der Waals surface area contributed by atoms with E-state index in [4.69, 9.17) is 9.47 Å². The van der Waals surface area contributed by atoms with Crippen LogP contribution in [0.3, 0.4) is 0 Å². The first-order valence-electron chi connectivity index (χ1n) is 9.16. The Morgan fingerprint density at radius 1 is 1.28 bits per heavy atom. The number of ether oxygens (including phenoxy) is 2. The zero-order chi connectivity index (χ0) is 17.6. The fourth-order valence-corrected chi connectivity index (χ4v) is 3.35. The van der Waals surface area contributed by atoms with Crippen LogP contribution in [0.25, 0.3) is 0 Å². The zero-order valence-electron chi connectivity index (χ0n) is 14.9. The minimum atomic E-state index is -0.329. The van der Waals surface area contributed by atoms with Gasteiger partial charge in [0.1, 0.15) is 12.4 Å². The van der Waals surface area contributed by atoms with Crippen LogP contribution in [-0.4, -0.2) is 79.0 Å². The van der Waals surface area contributed by atoms with Crippen molar-refractivity contribution >= 4 is 5.91 Å². The van der Waals surface area contributed by atoms with Crippen molar-refractivity contribution in [3.8, 4) is 5.75 Å². The summed E-state index contributed by atoms with van der Waals surface area (Å²) in [5.41, 5.74) is 0.688. The lowest BCUT2D eigenvalue weighted by Gasteiger charge is -2.35. The van der Waals surface area contributed by atoms with Gasteiger partial charge in [0, 0.05) is 44.9 Å². The summed E-state index contributed by atoms with van der Waals surface area (Å²) in [5, 5.41) is 9.45. The predicted molar refractivity (Wildman–Crippen MR) is 94.9 cm³/mol. The molecule has 2 heterocycles. The highest BCUT2D eigenvalue weighted by Gasteiger charge is 2.22. The first-order valence-corrected chi connectivity index (χ1v) is 9.16. The summed E-state index contributed by atoms with van der Waals surface area (Å²) in [6.45, 7) is 6.85. The normalized spacial score (nSPS) is 22.8. The van der Waals surface area contributed by atoms with E-state index in [1.54, 1.807) is 6.92 Å². The van der Waals surface area contributed by atoms with E-state index < -0.39 is 0 Å². The highest BCUT2D eigenvalue weighted by molar-refractivity contribution is 5.94. The van der Waals surface area contributed by atoms with Gasteiger partial charge >= 0.3 is 0 Å². The number of aliphatic hydroxyl groups is 1. The third-order valence-electron chi connectivity index (χ3n) is 4.74. The molecule has 6 heteroatoms. The van der Waals surface area contributed by atoms with E-state index >= 15 is 0 Å². The van der Waals surface area contributed by atoms with E-state index in [9.17, 15) is 9.90 Å². The molecule has 25 heavy (non-hydrogen) atoms. The third-order valence-corrected chi connectivity index (χ3v) is 4.74. The van der Waals surface area contributed by atoms with Crippen LogP contribution in [0.15, 0.2) is 24.3 Å². The van der Waals surface area contributed by atoms with Crippen molar-refractivity contribution < 1.29 is 19.4 Å². The van der Waals surface area contributed by atoms with Gasteiger partial charge in [-0.2, -0.15) is 0 Å². The van der Waals surface area contributed by atoms with Gasteiger partial charge in [-0.15, -0.1) is 0 Å². The van der Waals surface area contributed by atoms with Gasteiger partial charge in [0.25, 0.3) is 5.91 Å². The average molecular weight is 348 g/mol. The van der Waals surface area contributed by atoms with Crippen LogP contribution in [0, 0.1) is 0 Å². The Balaban J connectivity index is 1.47. The van der Waals surface area contributed by atoms with E-state index in [1.165, 1.54) is 0 Å². The molecule has 1 aromatic carbocycles. The maximum atomic E-state index is 12.6. The second-order valence-electron chi connectivity index (χ2n) is 6.91. The number of benzene rings is 1. The van der Waals surface area contributed by atoms with E-state index in [2.05, 4.69) is 4.90 Å². The highest BCUT2D eigenvalue weighted by Crippen LogP contribution is 2.18. The summed E-state index contributed by atoms with van der Waals surface area (Å²) in [5.74, 6) is 0.830. The Hall–Kier alpha value is -1.63. The third kappa shape index (κ3) is 5.17.